The number of ether oxygens (including phenoxy) is 1. The fraction of sp³-hybridized carbons (Fsp3) is 0.263. The van der Waals surface area contributed by atoms with E-state index in [0.29, 0.717) is 23.5 Å². The summed E-state index contributed by atoms with van der Waals surface area (Å²) >= 11 is 6.31. The van der Waals surface area contributed by atoms with E-state index in [1.54, 1.807) is 6.92 Å². The molecule has 1 aromatic heterocycles. The molecule has 2 aromatic rings. The number of benzene rings is 1. The number of carbonyl (C=O) groups excluding carboxylic acids is 3. The number of amides is 3. The van der Waals surface area contributed by atoms with Gasteiger partial charge in [0, 0.05) is 18.2 Å². The van der Waals surface area contributed by atoms with Crippen molar-refractivity contribution in [1.82, 2.24) is 20.4 Å². The van der Waals surface area contributed by atoms with Gasteiger partial charge in [0.2, 0.25) is 0 Å². The summed E-state index contributed by atoms with van der Waals surface area (Å²) in [5.41, 5.74) is 1.56. The van der Waals surface area contributed by atoms with Crippen LogP contribution in [0.15, 0.2) is 30.3 Å². The molecule has 29 heavy (non-hydrogen) atoms. The zero-order valence-electron chi connectivity index (χ0n) is 15.9. The van der Waals surface area contributed by atoms with Crippen molar-refractivity contribution in [3.05, 3.63) is 52.6 Å². The molecule has 0 aliphatic rings. The van der Waals surface area contributed by atoms with Gasteiger partial charge in [-0.15, -0.1) is 0 Å². The Labute approximate surface area is 171 Å². The minimum atomic E-state index is -0.792. The molecule has 3 amide bonds. The van der Waals surface area contributed by atoms with Gasteiger partial charge in [0.1, 0.15) is 11.0 Å². The Morgan fingerprint density at radius 1 is 1.28 bits per heavy atom. The summed E-state index contributed by atoms with van der Waals surface area (Å²) in [7, 11) is 0. The lowest BCUT2D eigenvalue weighted by Crippen LogP contribution is -2.41. The number of nitrogens with zero attached hydrogens (tertiary/aromatic N) is 2. The van der Waals surface area contributed by atoms with Crippen molar-refractivity contribution in [2.24, 2.45) is 0 Å². The number of esters is 1. The average molecular weight is 423 g/mol. The lowest BCUT2D eigenvalue weighted by atomic mass is 10.2. The highest BCUT2D eigenvalue weighted by molar-refractivity contribution is 6.31. The van der Waals surface area contributed by atoms with Crippen molar-refractivity contribution < 1.29 is 23.5 Å². The van der Waals surface area contributed by atoms with Crippen LogP contribution in [0.25, 0.3) is 11.8 Å². The second-order valence-electron chi connectivity index (χ2n) is 5.92. The Morgan fingerprint density at radius 3 is 2.62 bits per heavy atom. The van der Waals surface area contributed by atoms with Crippen LogP contribution in [0.1, 0.15) is 24.6 Å². The van der Waals surface area contributed by atoms with E-state index in [4.69, 9.17) is 16.3 Å². The summed E-state index contributed by atoms with van der Waals surface area (Å²) in [6, 6.07) is 4.95. The van der Waals surface area contributed by atoms with E-state index >= 15 is 0 Å². The van der Waals surface area contributed by atoms with E-state index in [2.05, 4.69) is 10.4 Å². The summed E-state index contributed by atoms with van der Waals surface area (Å²) in [6.07, 6.45) is 3.22. The number of nitrogens with one attached hydrogen (secondary N) is 2. The van der Waals surface area contributed by atoms with Gasteiger partial charge in [-0.3, -0.25) is 10.1 Å². The molecule has 0 aliphatic carbocycles. The van der Waals surface area contributed by atoms with Crippen LogP contribution >= 0.6 is 11.6 Å². The summed E-state index contributed by atoms with van der Waals surface area (Å²) in [6.45, 7) is 3.38. The molecule has 0 spiro atoms. The Hall–Kier alpha value is -3.20. The number of carbonyl (C=O) groups is 3. The molecule has 0 atom stereocenters. The molecule has 0 radical (unpaired) electrons. The number of rotatable bonds is 7. The zero-order valence-corrected chi connectivity index (χ0v) is 16.6. The van der Waals surface area contributed by atoms with Crippen molar-refractivity contribution in [1.29, 1.82) is 0 Å². The third kappa shape index (κ3) is 6.42. The molecule has 2 rings (SSSR count). The maximum absolute atomic E-state index is 13.1. The first-order chi connectivity index (χ1) is 13.8. The first-order valence-electron chi connectivity index (χ1n) is 8.75. The second-order valence-corrected chi connectivity index (χ2v) is 6.28. The highest BCUT2D eigenvalue weighted by Gasteiger charge is 2.14. The van der Waals surface area contributed by atoms with E-state index in [1.807, 2.05) is 12.2 Å². The normalized spacial score (nSPS) is 10.8. The molecule has 2 N–H and O–H groups in total. The lowest BCUT2D eigenvalue weighted by molar-refractivity contribution is -0.143. The minimum Gasteiger partial charge on any atom is -0.452 e. The smallest absolute Gasteiger partial charge is 0.331 e. The monoisotopic (exact) mass is 422 g/mol. The van der Waals surface area contributed by atoms with E-state index in [9.17, 15) is 18.8 Å². The molecule has 0 unspecified atom stereocenters. The highest BCUT2D eigenvalue weighted by atomic mass is 35.5. The van der Waals surface area contributed by atoms with Gasteiger partial charge in [-0.05, 0) is 43.7 Å². The Balaban J connectivity index is 1.95. The molecule has 1 heterocycles. The SMILES string of the molecule is CCCNC(=O)NC(=O)COC(=O)/C=C/c1c(C)nn(-c2ccc(F)cc2)c1Cl. The van der Waals surface area contributed by atoms with Crippen LogP contribution in [0.3, 0.4) is 0 Å². The van der Waals surface area contributed by atoms with Gasteiger partial charge < -0.3 is 10.1 Å². The third-order valence-corrected chi connectivity index (χ3v) is 4.00. The van der Waals surface area contributed by atoms with E-state index in [-0.39, 0.29) is 11.0 Å². The number of aromatic nitrogens is 2. The van der Waals surface area contributed by atoms with Crippen molar-refractivity contribution in [3.63, 3.8) is 0 Å². The van der Waals surface area contributed by atoms with Crippen molar-refractivity contribution in [3.8, 4) is 5.69 Å². The molecule has 154 valence electrons. The van der Waals surface area contributed by atoms with Gasteiger partial charge in [-0.2, -0.15) is 5.10 Å². The minimum absolute atomic E-state index is 0.225. The fourth-order valence-electron chi connectivity index (χ4n) is 2.24. The van der Waals surface area contributed by atoms with E-state index in [1.165, 1.54) is 35.0 Å². The molecule has 0 saturated carbocycles. The average Bonchev–Trinajstić information content (AvgIpc) is 2.97. The lowest BCUT2D eigenvalue weighted by Gasteiger charge is -2.05. The van der Waals surface area contributed by atoms with Gasteiger partial charge in [0.25, 0.3) is 5.91 Å². The number of imide groups is 1. The van der Waals surface area contributed by atoms with Gasteiger partial charge in [-0.1, -0.05) is 18.5 Å². The topological polar surface area (TPSA) is 102 Å². The Morgan fingerprint density at radius 2 is 1.97 bits per heavy atom. The zero-order chi connectivity index (χ0) is 21.4. The molecule has 0 bridgehead atoms. The summed E-state index contributed by atoms with van der Waals surface area (Å²) in [5, 5.41) is 8.99. The van der Waals surface area contributed by atoms with E-state index in [0.717, 1.165) is 12.5 Å². The first kappa shape index (κ1) is 22.1. The van der Waals surface area contributed by atoms with Crippen LogP contribution in [0.4, 0.5) is 9.18 Å². The van der Waals surface area contributed by atoms with Crippen LogP contribution in [-0.2, 0) is 14.3 Å². The van der Waals surface area contributed by atoms with Gasteiger partial charge >= 0.3 is 12.0 Å². The molecule has 1 aromatic carbocycles. The largest absolute Gasteiger partial charge is 0.452 e. The summed E-state index contributed by atoms with van der Waals surface area (Å²) in [4.78, 5) is 34.7. The molecule has 8 nitrogen and oxygen atoms in total. The Bertz CT molecular complexity index is 925. The summed E-state index contributed by atoms with van der Waals surface area (Å²) in [5.74, 6) is -1.93. The highest BCUT2D eigenvalue weighted by Crippen LogP contribution is 2.24. The van der Waals surface area contributed by atoms with Gasteiger partial charge in [0.05, 0.1) is 11.4 Å². The number of hydrogen-bond donors (Lipinski definition) is 2. The van der Waals surface area contributed by atoms with E-state index < -0.39 is 24.5 Å². The standard InChI is InChI=1S/C19H20ClFN4O4/c1-3-10-22-19(28)23-16(26)11-29-17(27)9-8-15-12(2)24-25(18(15)20)14-6-4-13(21)5-7-14/h4-9H,3,10-11H2,1-2H3,(H2,22,23,26,28)/b9-8+. The first-order valence-corrected chi connectivity index (χ1v) is 9.13. The maximum atomic E-state index is 13.1. The fourth-order valence-corrected chi connectivity index (χ4v) is 2.57. The number of hydrogen-bond acceptors (Lipinski definition) is 5. The third-order valence-electron chi connectivity index (χ3n) is 3.64. The second kappa shape index (κ2) is 10.4. The van der Waals surface area contributed by atoms with Gasteiger partial charge in [-0.25, -0.2) is 18.7 Å². The Kier molecular flexibility index (Phi) is 7.90. The number of urea groups is 1. The molecule has 0 fully saturated rings. The summed E-state index contributed by atoms with van der Waals surface area (Å²) < 4.78 is 19.3. The van der Waals surface area contributed by atoms with Crippen LogP contribution in [-0.4, -0.2) is 40.8 Å². The molecule has 0 saturated heterocycles. The van der Waals surface area contributed by atoms with Crippen LogP contribution in [0.5, 0.6) is 0 Å². The molecular weight excluding hydrogens is 403 g/mol. The van der Waals surface area contributed by atoms with Crippen LogP contribution in [0.2, 0.25) is 5.15 Å². The number of aryl methyl sites for hydroxylation is 1. The molecule has 0 aliphatic heterocycles. The van der Waals surface area contributed by atoms with Crippen LogP contribution < -0.4 is 10.6 Å². The van der Waals surface area contributed by atoms with Crippen LogP contribution in [0, 0.1) is 12.7 Å². The number of halogens is 2. The molecule has 10 heteroatoms. The quantitative estimate of drug-likeness (QED) is 0.527. The predicted molar refractivity (Wildman–Crippen MR) is 105 cm³/mol. The van der Waals surface area contributed by atoms with Crippen molar-refractivity contribution in [2.45, 2.75) is 20.3 Å². The van der Waals surface area contributed by atoms with Gasteiger partial charge in [0.15, 0.2) is 6.61 Å². The molecular formula is C19H20ClFN4O4. The predicted octanol–water partition coefficient (Wildman–Crippen LogP) is 2.77. The van der Waals surface area contributed by atoms with Crippen molar-refractivity contribution >= 4 is 35.6 Å². The maximum Gasteiger partial charge on any atom is 0.331 e. The van der Waals surface area contributed by atoms with Crippen molar-refractivity contribution in [2.75, 3.05) is 13.2 Å².